The van der Waals surface area contributed by atoms with Crippen molar-refractivity contribution in [3.63, 3.8) is 0 Å². The minimum absolute atomic E-state index is 0.160. The zero-order chi connectivity index (χ0) is 16.3. The van der Waals surface area contributed by atoms with Gasteiger partial charge in [0.1, 0.15) is 22.9 Å². The molecule has 0 saturated heterocycles. The second-order valence-electron chi connectivity index (χ2n) is 4.85. The van der Waals surface area contributed by atoms with Crippen molar-refractivity contribution < 1.29 is 23.1 Å². The monoisotopic (exact) mass is 305 g/mol. The van der Waals surface area contributed by atoms with Crippen LogP contribution in [0, 0.1) is 12.7 Å². The van der Waals surface area contributed by atoms with E-state index in [0.717, 1.165) is 0 Å². The zero-order valence-electron chi connectivity index (χ0n) is 12.6. The molecule has 0 N–H and O–H groups in total. The number of hydrogen-bond acceptors (Lipinski definition) is 4. The van der Waals surface area contributed by atoms with Crippen LogP contribution in [0.5, 0.6) is 0 Å². The van der Waals surface area contributed by atoms with Crippen molar-refractivity contribution in [1.29, 1.82) is 0 Å². The van der Waals surface area contributed by atoms with Gasteiger partial charge < -0.3 is 14.1 Å². The van der Waals surface area contributed by atoms with Gasteiger partial charge in [0.05, 0.1) is 13.7 Å². The largest absolute Gasteiger partial charge is 0.465 e. The van der Waals surface area contributed by atoms with E-state index in [0.29, 0.717) is 17.1 Å². The maximum absolute atomic E-state index is 13.2. The molecule has 5 nitrogen and oxygen atoms in total. The predicted octanol–water partition coefficient (Wildman–Crippen LogP) is 2.79. The smallest absolute Gasteiger partial charge is 0.341 e. The first kappa shape index (κ1) is 15.8. The topological polar surface area (TPSA) is 59.8 Å². The lowest BCUT2D eigenvalue weighted by Crippen LogP contribution is -2.26. The Morgan fingerprint density at radius 1 is 1.32 bits per heavy atom. The summed E-state index contributed by atoms with van der Waals surface area (Å²) in [6.07, 6.45) is 0. The van der Waals surface area contributed by atoms with Gasteiger partial charge in [-0.3, -0.25) is 4.79 Å². The van der Waals surface area contributed by atoms with Gasteiger partial charge in [0.2, 0.25) is 0 Å². The highest BCUT2D eigenvalue weighted by atomic mass is 19.1. The van der Waals surface area contributed by atoms with Gasteiger partial charge in [-0.25, -0.2) is 9.18 Å². The molecule has 22 heavy (non-hydrogen) atoms. The number of nitrogens with zero attached hydrogens (tertiary/aromatic N) is 1. The maximum Gasteiger partial charge on any atom is 0.341 e. The SMILES string of the molecule is COC(=O)c1cc(CN(C)C(=O)c2cccc(F)c2)oc1C. The molecule has 0 aliphatic carbocycles. The number of benzene rings is 1. The van der Waals surface area contributed by atoms with Gasteiger partial charge in [0.15, 0.2) is 0 Å². The van der Waals surface area contributed by atoms with Crippen LogP contribution >= 0.6 is 0 Å². The molecule has 1 amide bonds. The standard InChI is InChI=1S/C16H16FNO4/c1-10-14(16(20)21-3)8-13(22-10)9-18(2)15(19)11-5-4-6-12(17)7-11/h4-8H,9H2,1-3H3. The van der Waals surface area contributed by atoms with Crippen molar-refractivity contribution in [2.45, 2.75) is 13.5 Å². The molecule has 1 heterocycles. The summed E-state index contributed by atoms with van der Waals surface area (Å²) < 4.78 is 23.3. The van der Waals surface area contributed by atoms with Crippen LogP contribution in [0.1, 0.15) is 32.2 Å². The van der Waals surface area contributed by atoms with E-state index >= 15 is 0 Å². The van der Waals surface area contributed by atoms with Gasteiger partial charge in [-0.2, -0.15) is 0 Å². The van der Waals surface area contributed by atoms with Crippen molar-refractivity contribution in [3.05, 3.63) is 58.8 Å². The fourth-order valence-electron chi connectivity index (χ4n) is 2.08. The minimum atomic E-state index is -0.494. The molecular formula is C16H16FNO4. The second kappa shape index (κ2) is 6.43. The maximum atomic E-state index is 13.2. The summed E-state index contributed by atoms with van der Waals surface area (Å²) in [6.45, 7) is 1.80. The molecule has 0 fully saturated rings. The second-order valence-corrected chi connectivity index (χ2v) is 4.85. The third-order valence-corrected chi connectivity index (χ3v) is 3.19. The van der Waals surface area contributed by atoms with Crippen LogP contribution in [0.4, 0.5) is 4.39 Å². The summed E-state index contributed by atoms with van der Waals surface area (Å²) in [5.41, 5.74) is 0.572. The molecule has 0 spiro atoms. The Morgan fingerprint density at radius 2 is 2.05 bits per heavy atom. The fourth-order valence-corrected chi connectivity index (χ4v) is 2.08. The lowest BCUT2D eigenvalue weighted by atomic mass is 10.2. The molecule has 1 aromatic carbocycles. The summed E-state index contributed by atoms with van der Waals surface area (Å²) >= 11 is 0. The summed E-state index contributed by atoms with van der Waals surface area (Å²) in [5, 5.41) is 0. The number of furan rings is 1. The Bertz CT molecular complexity index is 708. The predicted molar refractivity (Wildman–Crippen MR) is 77.0 cm³/mol. The summed E-state index contributed by atoms with van der Waals surface area (Å²) in [4.78, 5) is 25.1. The van der Waals surface area contributed by atoms with Crippen LogP contribution in [0.25, 0.3) is 0 Å². The Kier molecular flexibility index (Phi) is 4.60. The number of halogens is 1. The van der Waals surface area contributed by atoms with E-state index in [9.17, 15) is 14.0 Å². The number of methoxy groups -OCH3 is 1. The van der Waals surface area contributed by atoms with Crippen molar-refractivity contribution in [1.82, 2.24) is 4.90 Å². The quantitative estimate of drug-likeness (QED) is 0.815. The van der Waals surface area contributed by atoms with Crippen LogP contribution in [0.3, 0.4) is 0 Å². The van der Waals surface area contributed by atoms with Gasteiger partial charge in [-0.15, -0.1) is 0 Å². The number of carbonyl (C=O) groups excluding carboxylic acids is 2. The number of amides is 1. The molecule has 2 aromatic rings. The van der Waals surface area contributed by atoms with Gasteiger partial charge in [-0.05, 0) is 31.2 Å². The molecule has 0 aliphatic rings. The molecule has 6 heteroatoms. The van der Waals surface area contributed by atoms with E-state index in [1.54, 1.807) is 14.0 Å². The van der Waals surface area contributed by atoms with E-state index < -0.39 is 11.8 Å². The number of ether oxygens (including phenoxy) is 1. The first-order valence-corrected chi connectivity index (χ1v) is 6.61. The van der Waals surface area contributed by atoms with Crippen LogP contribution in [-0.2, 0) is 11.3 Å². The van der Waals surface area contributed by atoms with Gasteiger partial charge >= 0.3 is 5.97 Å². The average molecular weight is 305 g/mol. The lowest BCUT2D eigenvalue weighted by Gasteiger charge is -2.15. The summed E-state index contributed by atoms with van der Waals surface area (Å²) in [7, 11) is 2.86. The molecule has 1 aromatic heterocycles. The Morgan fingerprint density at radius 3 is 2.68 bits per heavy atom. The highest BCUT2D eigenvalue weighted by Gasteiger charge is 2.18. The third-order valence-electron chi connectivity index (χ3n) is 3.19. The summed E-state index contributed by atoms with van der Waals surface area (Å²) in [6, 6.07) is 7.00. The first-order chi connectivity index (χ1) is 10.4. The zero-order valence-corrected chi connectivity index (χ0v) is 12.6. The van der Waals surface area contributed by atoms with E-state index in [4.69, 9.17) is 4.42 Å². The van der Waals surface area contributed by atoms with E-state index in [1.807, 2.05) is 0 Å². The Hall–Kier alpha value is -2.63. The van der Waals surface area contributed by atoms with Gasteiger partial charge in [0, 0.05) is 12.6 Å². The molecule has 0 radical (unpaired) electrons. The molecule has 0 saturated carbocycles. The van der Waals surface area contributed by atoms with Gasteiger partial charge in [0.25, 0.3) is 5.91 Å². The normalized spacial score (nSPS) is 10.4. The average Bonchev–Trinajstić information content (AvgIpc) is 2.86. The van der Waals surface area contributed by atoms with Crippen LogP contribution in [0.2, 0.25) is 0 Å². The van der Waals surface area contributed by atoms with Crippen molar-refractivity contribution >= 4 is 11.9 Å². The summed E-state index contributed by atoms with van der Waals surface area (Å²) in [5.74, 6) is -0.431. The molecule has 0 unspecified atom stereocenters. The van der Waals surface area contributed by atoms with Crippen molar-refractivity contribution in [3.8, 4) is 0 Å². The van der Waals surface area contributed by atoms with Crippen molar-refractivity contribution in [2.24, 2.45) is 0 Å². The first-order valence-electron chi connectivity index (χ1n) is 6.61. The molecule has 0 atom stereocenters. The third kappa shape index (κ3) is 3.33. The number of hydrogen-bond donors (Lipinski definition) is 0. The molecule has 0 aliphatic heterocycles. The van der Waals surface area contributed by atoms with Gasteiger partial charge in [-0.1, -0.05) is 6.07 Å². The highest BCUT2D eigenvalue weighted by molar-refractivity contribution is 5.94. The Labute approximate surface area is 127 Å². The number of carbonyl (C=O) groups is 2. The molecule has 0 bridgehead atoms. The molecule has 116 valence electrons. The molecular weight excluding hydrogens is 289 g/mol. The number of aryl methyl sites for hydroxylation is 1. The highest BCUT2D eigenvalue weighted by Crippen LogP contribution is 2.18. The van der Waals surface area contributed by atoms with E-state index in [1.165, 1.54) is 42.3 Å². The minimum Gasteiger partial charge on any atom is -0.465 e. The Balaban J connectivity index is 2.13. The van der Waals surface area contributed by atoms with E-state index in [2.05, 4.69) is 4.74 Å². The number of rotatable bonds is 4. The molecule has 2 rings (SSSR count). The van der Waals surface area contributed by atoms with Crippen LogP contribution in [0.15, 0.2) is 34.7 Å². The lowest BCUT2D eigenvalue weighted by molar-refractivity contribution is 0.0598. The van der Waals surface area contributed by atoms with Crippen molar-refractivity contribution in [2.75, 3.05) is 14.2 Å². The van der Waals surface area contributed by atoms with Crippen LogP contribution < -0.4 is 0 Å². The number of esters is 1. The van der Waals surface area contributed by atoms with E-state index in [-0.39, 0.29) is 18.0 Å². The fraction of sp³-hybridized carbons (Fsp3) is 0.250. The van der Waals surface area contributed by atoms with Crippen LogP contribution in [-0.4, -0.2) is 30.9 Å².